The van der Waals surface area contributed by atoms with Crippen molar-refractivity contribution in [2.24, 2.45) is 7.05 Å². The summed E-state index contributed by atoms with van der Waals surface area (Å²) in [7, 11) is 1.80. The van der Waals surface area contributed by atoms with Crippen molar-refractivity contribution in [2.45, 2.75) is 19.0 Å². The van der Waals surface area contributed by atoms with Crippen molar-refractivity contribution in [3.8, 4) is 11.4 Å². The summed E-state index contributed by atoms with van der Waals surface area (Å²) in [5, 5.41) is 11.6. The molecular formula is C22H24FN5O2S. The van der Waals surface area contributed by atoms with E-state index in [2.05, 4.69) is 15.5 Å². The number of carbonyl (C=O) groups is 2. The number of halogens is 1. The Morgan fingerprint density at radius 2 is 1.68 bits per heavy atom. The summed E-state index contributed by atoms with van der Waals surface area (Å²) in [6.45, 7) is 5.17. The molecule has 9 heteroatoms. The monoisotopic (exact) mass is 441 g/mol. The highest BCUT2D eigenvalue weighted by atomic mass is 32.2. The number of thioether (sulfide) groups is 1. The molecule has 1 N–H and O–H groups in total. The third-order valence-electron chi connectivity index (χ3n) is 4.74. The number of hydrogen-bond acceptors (Lipinski definition) is 5. The highest BCUT2D eigenvalue weighted by Crippen LogP contribution is 2.23. The summed E-state index contributed by atoms with van der Waals surface area (Å²) in [4.78, 5) is 26.4. The molecule has 31 heavy (non-hydrogen) atoms. The van der Waals surface area contributed by atoms with Crippen molar-refractivity contribution in [2.75, 3.05) is 24.2 Å². The minimum absolute atomic E-state index is 0.0299. The first-order chi connectivity index (χ1) is 14.9. The maximum atomic E-state index is 13.1. The lowest BCUT2D eigenvalue weighted by Crippen LogP contribution is -2.30. The van der Waals surface area contributed by atoms with Crippen LogP contribution >= 0.6 is 11.8 Å². The van der Waals surface area contributed by atoms with Crippen molar-refractivity contribution in [3.63, 3.8) is 0 Å². The van der Waals surface area contributed by atoms with Crippen LogP contribution in [0.2, 0.25) is 0 Å². The van der Waals surface area contributed by atoms with Crippen molar-refractivity contribution >= 4 is 29.3 Å². The standard InChI is InChI=1S/C22H24FN5O2S/c1-4-28(5-2)21(30)16-8-12-18(13-9-16)24-19(29)14-31-22-26-25-20(27(22)3)15-6-10-17(23)11-7-15/h6-13H,4-5,14H2,1-3H3,(H,24,29). The fourth-order valence-corrected chi connectivity index (χ4v) is 3.72. The average Bonchev–Trinajstić information content (AvgIpc) is 3.14. The van der Waals surface area contributed by atoms with Gasteiger partial charge in [0.1, 0.15) is 5.82 Å². The molecule has 0 aliphatic heterocycles. The summed E-state index contributed by atoms with van der Waals surface area (Å²) < 4.78 is 14.9. The Morgan fingerprint density at radius 1 is 1.03 bits per heavy atom. The smallest absolute Gasteiger partial charge is 0.253 e. The van der Waals surface area contributed by atoms with E-state index in [1.54, 1.807) is 52.9 Å². The molecule has 1 aromatic heterocycles. The number of carbonyl (C=O) groups excluding carboxylic acids is 2. The zero-order valence-electron chi connectivity index (χ0n) is 17.6. The Balaban J connectivity index is 1.57. The van der Waals surface area contributed by atoms with E-state index in [0.717, 1.165) is 5.56 Å². The van der Waals surface area contributed by atoms with Gasteiger partial charge in [0, 0.05) is 37.0 Å². The fraction of sp³-hybridized carbons (Fsp3) is 0.273. The summed E-state index contributed by atoms with van der Waals surface area (Å²) in [6.07, 6.45) is 0. The normalized spacial score (nSPS) is 10.7. The maximum absolute atomic E-state index is 13.1. The number of rotatable bonds is 8. The van der Waals surface area contributed by atoms with Crippen LogP contribution in [0.4, 0.5) is 10.1 Å². The van der Waals surface area contributed by atoms with Gasteiger partial charge < -0.3 is 14.8 Å². The number of aromatic nitrogens is 3. The number of hydrogen-bond donors (Lipinski definition) is 1. The minimum Gasteiger partial charge on any atom is -0.339 e. The van der Waals surface area contributed by atoms with E-state index in [4.69, 9.17) is 0 Å². The van der Waals surface area contributed by atoms with Crippen molar-refractivity contribution in [1.29, 1.82) is 0 Å². The molecule has 0 aliphatic rings. The molecule has 0 spiro atoms. The minimum atomic E-state index is -0.317. The molecule has 0 radical (unpaired) electrons. The first-order valence-electron chi connectivity index (χ1n) is 9.90. The lowest BCUT2D eigenvalue weighted by molar-refractivity contribution is -0.113. The number of nitrogens with zero attached hydrogens (tertiary/aromatic N) is 4. The van der Waals surface area contributed by atoms with Gasteiger partial charge in [-0.05, 0) is 62.4 Å². The van der Waals surface area contributed by atoms with Crippen LogP contribution in [-0.2, 0) is 11.8 Å². The lowest BCUT2D eigenvalue weighted by Gasteiger charge is -2.18. The van der Waals surface area contributed by atoms with Crippen LogP contribution in [0.1, 0.15) is 24.2 Å². The van der Waals surface area contributed by atoms with Crippen LogP contribution in [-0.4, -0.2) is 50.3 Å². The number of benzene rings is 2. The van der Waals surface area contributed by atoms with Crippen LogP contribution in [0.25, 0.3) is 11.4 Å². The van der Waals surface area contributed by atoms with Gasteiger partial charge in [-0.25, -0.2) is 4.39 Å². The Bertz CT molecular complexity index is 1050. The Morgan fingerprint density at radius 3 is 2.29 bits per heavy atom. The SMILES string of the molecule is CCN(CC)C(=O)c1ccc(NC(=O)CSc2nnc(-c3ccc(F)cc3)n2C)cc1. The van der Waals surface area contributed by atoms with E-state index in [0.29, 0.717) is 35.3 Å². The van der Waals surface area contributed by atoms with Crippen molar-refractivity contribution in [1.82, 2.24) is 19.7 Å². The van der Waals surface area contributed by atoms with E-state index in [1.165, 1.54) is 23.9 Å². The predicted octanol–water partition coefficient (Wildman–Crippen LogP) is 3.83. The molecule has 0 atom stereocenters. The van der Waals surface area contributed by atoms with E-state index in [9.17, 15) is 14.0 Å². The maximum Gasteiger partial charge on any atom is 0.253 e. The molecule has 3 rings (SSSR count). The van der Waals surface area contributed by atoms with Gasteiger partial charge in [0.15, 0.2) is 11.0 Å². The topological polar surface area (TPSA) is 80.1 Å². The van der Waals surface area contributed by atoms with Crippen LogP contribution in [0.3, 0.4) is 0 Å². The van der Waals surface area contributed by atoms with Gasteiger partial charge in [-0.1, -0.05) is 11.8 Å². The summed E-state index contributed by atoms with van der Waals surface area (Å²) in [5.74, 6) is 0.200. The molecule has 162 valence electrons. The quantitative estimate of drug-likeness (QED) is 0.538. The molecule has 0 bridgehead atoms. The van der Waals surface area contributed by atoms with Crippen LogP contribution < -0.4 is 5.32 Å². The van der Waals surface area contributed by atoms with Gasteiger partial charge in [-0.3, -0.25) is 9.59 Å². The lowest BCUT2D eigenvalue weighted by atomic mass is 10.2. The molecule has 0 saturated carbocycles. The highest BCUT2D eigenvalue weighted by Gasteiger charge is 2.14. The van der Waals surface area contributed by atoms with Crippen LogP contribution in [0.15, 0.2) is 53.7 Å². The molecule has 2 amide bonds. The molecule has 7 nitrogen and oxygen atoms in total. The van der Waals surface area contributed by atoms with Crippen LogP contribution in [0.5, 0.6) is 0 Å². The number of nitrogens with one attached hydrogen (secondary N) is 1. The first kappa shape index (κ1) is 22.5. The number of anilines is 1. The Hall–Kier alpha value is -3.20. The summed E-state index contributed by atoms with van der Waals surface area (Å²) in [6, 6.07) is 12.9. The Kier molecular flexibility index (Phi) is 7.41. The summed E-state index contributed by atoms with van der Waals surface area (Å²) >= 11 is 1.25. The molecule has 0 unspecified atom stereocenters. The molecule has 2 aromatic carbocycles. The molecule has 1 heterocycles. The first-order valence-corrected chi connectivity index (χ1v) is 10.9. The molecule has 0 aliphatic carbocycles. The van der Waals surface area contributed by atoms with Crippen molar-refractivity contribution < 1.29 is 14.0 Å². The Labute approximate surface area is 184 Å². The van der Waals surface area contributed by atoms with Gasteiger partial charge >= 0.3 is 0 Å². The van der Waals surface area contributed by atoms with Crippen LogP contribution in [0, 0.1) is 5.82 Å². The molecule has 3 aromatic rings. The second-order valence-corrected chi connectivity index (χ2v) is 7.71. The fourth-order valence-electron chi connectivity index (χ4n) is 3.01. The molecule has 0 saturated heterocycles. The van der Waals surface area contributed by atoms with Gasteiger partial charge in [0.2, 0.25) is 5.91 Å². The third-order valence-corrected chi connectivity index (χ3v) is 5.76. The third kappa shape index (κ3) is 5.49. The summed E-state index contributed by atoms with van der Waals surface area (Å²) in [5.41, 5.74) is 1.95. The average molecular weight is 442 g/mol. The second kappa shape index (κ2) is 10.2. The van der Waals surface area contributed by atoms with Gasteiger partial charge in [0.05, 0.1) is 5.75 Å². The van der Waals surface area contributed by atoms with E-state index in [1.807, 2.05) is 13.8 Å². The van der Waals surface area contributed by atoms with Crippen molar-refractivity contribution in [3.05, 3.63) is 59.9 Å². The number of amides is 2. The van der Waals surface area contributed by atoms with E-state index in [-0.39, 0.29) is 23.4 Å². The highest BCUT2D eigenvalue weighted by molar-refractivity contribution is 7.99. The largest absolute Gasteiger partial charge is 0.339 e. The van der Waals surface area contributed by atoms with Gasteiger partial charge in [-0.2, -0.15) is 0 Å². The van der Waals surface area contributed by atoms with E-state index >= 15 is 0 Å². The predicted molar refractivity (Wildman–Crippen MR) is 119 cm³/mol. The van der Waals surface area contributed by atoms with E-state index < -0.39 is 0 Å². The molecule has 0 fully saturated rings. The van der Waals surface area contributed by atoms with Gasteiger partial charge in [-0.15, -0.1) is 10.2 Å². The van der Waals surface area contributed by atoms with Gasteiger partial charge in [0.25, 0.3) is 5.91 Å². The second-order valence-electron chi connectivity index (χ2n) is 6.76. The zero-order valence-corrected chi connectivity index (χ0v) is 18.4. The zero-order chi connectivity index (χ0) is 22.4. The molecular weight excluding hydrogens is 417 g/mol.